The number of aliphatic carboxylic acids is 1. The van der Waals surface area contributed by atoms with E-state index in [1.807, 2.05) is 0 Å². The number of alkyl halides is 3. The first-order chi connectivity index (χ1) is 19.5. The van der Waals surface area contributed by atoms with Crippen molar-refractivity contribution in [2.45, 2.75) is 25.1 Å². The van der Waals surface area contributed by atoms with E-state index in [2.05, 4.69) is 15.2 Å². The van der Waals surface area contributed by atoms with Gasteiger partial charge >= 0.3 is 12.1 Å². The lowest BCUT2D eigenvalue weighted by molar-refractivity contribution is -0.141. The second-order valence-corrected chi connectivity index (χ2v) is 10.1. The molecule has 2 N–H and O–H groups in total. The summed E-state index contributed by atoms with van der Waals surface area (Å²) in [6.07, 6.45) is -2.29. The number of nitrogens with zero attached hydrogens (tertiary/aromatic N) is 5. The Bertz CT molecular complexity index is 1940. The lowest BCUT2D eigenvalue weighted by atomic mass is 10.0. The van der Waals surface area contributed by atoms with E-state index in [0.717, 1.165) is 16.8 Å². The molecule has 41 heavy (non-hydrogen) atoms. The number of carboxylic acids is 1. The summed E-state index contributed by atoms with van der Waals surface area (Å²) in [5, 5.41) is 17.3. The van der Waals surface area contributed by atoms with E-state index < -0.39 is 35.2 Å². The summed E-state index contributed by atoms with van der Waals surface area (Å²) in [5.41, 5.74) is -0.592. The van der Waals surface area contributed by atoms with E-state index in [0.29, 0.717) is 23.9 Å². The van der Waals surface area contributed by atoms with Crippen LogP contribution in [0.2, 0.25) is 5.02 Å². The van der Waals surface area contributed by atoms with Gasteiger partial charge in [0.15, 0.2) is 5.65 Å². The molecule has 4 heterocycles. The van der Waals surface area contributed by atoms with Gasteiger partial charge in [-0.05, 0) is 43.2 Å². The summed E-state index contributed by atoms with van der Waals surface area (Å²) in [7, 11) is 1.62. The van der Waals surface area contributed by atoms with Gasteiger partial charge in [-0.15, -0.1) is 0 Å². The van der Waals surface area contributed by atoms with E-state index in [1.165, 1.54) is 46.1 Å². The molecule has 0 radical (unpaired) electrons. The van der Waals surface area contributed by atoms with Crippen LogP contribution in [0.3, 0.4) is 0 Å². The fourth-order valence-electron chi connectivity index (χ4n) is 5.22. The van der Waals surface area contributed by atoms with Crippen LogP contribution in [0.5, 0.6) is 0 Å². The smallest absolute Gasteiger partial charge is 0.416 e. The highest BCUT2D eigenvalue weighted by atomic mass is 35.5. The van der Waals surface area contributed by atoms with Crippen LogP contribution in [0.25, 0.3) is 38.9 Å². The largest absolute Gasteiger partial charge is 0.480 e. The van der Waals surface area contributed by atoms with E-state index >= 15 is 0 Å². The number of carboxylic acid groups (broad SMARTS) is 1. The lowest BCUT2D eigenvalue weighted by Gasteiger charge is -2.22. The van der Waals surface area contributed by atoms with Gasteiger partial charge in [0, 0.05) is 19.2 Å². The van der Waals surface area contributed by atoms with Gasteiger partial charge in [-0.3, -0.25) is 19.4 Å². The molecule has 1 fully saturated rings. The Morgan fingerprint density at radius 1 is 1.17 bits per heavy atom. The summed E-state index contributed by atoms with van der Waals surface area (Å²) >= 11 is 6.34. The van der Waals surface area contributed by atoms with Crippen LogP contribution in [0.4, 0.5) is 13.2 Å². The summed E-state index contributed by atoms with van der Waals surface area (Å²) in [4.78, 5) is 44.6. The highest BCUT2D eigenvalue weighted by Gasteiger charge is 2.35. The third kappa shape index (κ3) is 4.32. The van der Waals surface area contributed by atoms with Crippen LogP contribution in [-0.4, -0.2) is 59.0 Å². The molecule has 1 saturated heterocycles. The number of likely N-dealkylation sites (tertiary alicyclic amines) is 1. The summed E-state index contributed by atoms with van der Waals surface area (Å²) in [5.74, 6) is -1.71. The lowest BCUT2D eigenvalue weighted by Crippen LogP contribution is -2.40. The molecule has 3 aromatic heterocycles. The highest BCUT2D eigenvalue weighted by molar-refractivity contribution is 6.34. The molecular formula is C27H20ClF3N6O4. The van der Waals surface area contributed by atoms with Gasteiger partial charge in [-0.25, -0.2) is 14.5 Å². The highest BCUT2D eigenvalue weighted by Crippen LogP contribution is 2.35. The summed E-state index contributed by atoms with van der Waals surface area (Å²) in [6, 6.07) is 7.82. The van der Waals surface area contributed by atoms with Gasteiger partial charge in [0.1, 0.15) is 6.04 Å². The molecule has 14 heteroatoms. The van der Waals surface area contributed by atoms with E-state index in [-0.39, 0.29) is 45.0 Å². The number of H-pyrrole nitrogens is 1. The van der Waals surface area contributed by atoms with Crippen molar-refractivity contribution in [3.63, 3.8) is 0 Å². The van der Waals surface area contributed by atoms with E-state index in [4.69, 9.17) is 11.6 Å². The van der Waals surface area contributed by atoms with Gasteiger partial charge in [0.25, 0.3) is 11.5 Å². The number of nitrogens with one attached hydrogen (secondary N) is 1. The van der Waals surface area contributed by atoms with Crippen LogP contribution in [0, 0.1) is 0 Å². The topological polar surface area (TPSA) is 126 Å². The standard InChI is InChI=1S/C27H20ClF3N6O4/c1-35-23-17(12-32-35)22-20(21(33-23)13-4-2-5-14(10-13)27(29,30)31)25(39)37(34-22)15-7-8-18(28)16(11-15)24(38)36-9-3-6-19(36)26(40)41/h2,4-5,7-8,10-12,19,34H,3,6,9H2,1H3,(H,40,41)/t19-/m1/s1. The van der Waals surface area contributed by atoms with Crippen molar-refractivity contribution in [2.75, 3.05) is 6.54 Å². The SMILES string of the molecule is Cn1ncc2c3[nH]n(-c4ccc(Cl)c(C(=O)N5CCC[C@@H]5C(=O)O)c4)c(=O)c3c(-c3cccc(C(F)(F)F)c3)nc21. The molecule has 10 nitrogen and oxygen atoms in total. The van der Waals surface area contributed by atoms with E-state index in [9.17, 15) is 32.7 Å². The zero-order chi connectivity index (χ0) is 29.2. The molecule has 6 rings (SSSR count). The van der Waals surface area contributed by atoms with Gasteiger partial charge in [-0.2, -0.15) is 18.3 Å². The minimum absolute atomic E-state index is 0.00521. The fraction of sp³-hybridized carbons (Fsp3) is 0.222. The normalized spacial score (nSPS) is 15.7. The third-order valence-electron chi connectivity index (χ3n) is 7.22. The predicted octanol–water partition coefficient (Wildman–Crippen LogP) is 4.63. The first-order valence-electron chi connectivity index (χ1n) is 12.4. The number of carbonyl (C=O) groups excluding carboxylic acids is 1. The first-order valence-corrected chi connectivity index (χ1v) is 12.8. The molecule has 0 spiro atoms. The van der Waals surface area contributed by atoms with Crippen LogP contribution < -0.4 is 5.56 Å². The van der Waals surface area contributed by atoms with E-state index in [1.54, 1.807) is 7.05 Å². The van der Waals surface area contributed by atoms with Crippen molar-refractivity contribution < 1.29 is 27.9 Å². The zero-order valence-electron chi connectivity index (χ0n) is 21.2. The molecule has 0 saturated carbocycles. The Morgan fingerprint density at radius 2 is 1.95 bits per heavy atom. The average molecular weight is 585 g/mol. The van der Waals surface area contributed by atoms with Gasteiger partial charge in [0.2, 0.25) is 0 Å². The minimum Gasteiger partial charge on any atom is -0.480 e. The number of aromatic nitrogens is 5. The van der Waals surface area contributed by atoms with Gasteiger partial charge < -0.3 is 10.0 Å². The average Bonchev–Trinajstić information content (AvgIpc) is 3.66. The Kier molecular flexibility index (Phi) is 6.14. The molecule has 2 aromatic carbocycles. The zero-order valence-corrected chi connectivity index (χ0v) is 22.0. The van der Waals surface area contributed by atoms with Crippen molar-refractivity contribution in [1.82, 2.24) is 29.4 Å². The molecular weight excluding hydrogens is 565 g/mol. The molecule has 1 aliphatic heterocycles. The van der Waals surface area contributed by atoms with Gasteiger partial charge in [-0.1, -0.05) is 23.7 Å². The van der Waals surface area contributed by atoms with Crippen LogP contribution in [0.15, 0.2) is 53.5 Å². The van der Waals surface area contributed by atoms with Gasteiger partial charge in [0.05, 0.1) is 50.0 Å². The Hall–Kier alpha value is -4.65. The molecule has 1 aliphatic rings. The fourth-order valence-corrected chi connectivity index (χ4v) is 5.42. The number of fused-ring (bicyclic) bond motifs is 3. The second-order valence-electron chi connectivity index (χ2n) is 9.71. The number of aromatic amines is 1. The summed E-state index contributed by atoms with van der Waals surface area (Å²) in [6.45, 7) is 0.244. The predicted molar refractivity (Wildman–Crippen MR) is 143 cm³/mol. The van der Waals surface area contributed by atoms with Crippen LogP contribution >= 0.6 is 11.6 Å². The number of hydrogen-bond donors (Lipinski definition) is 2. The Morgan fingerprint density at radius 3 is 2.68 bits per heavy atom. The minimum atomic E-state index is -4.61. The number of hydrogen-bond acceptors (Lipinski definition) is 5. The maximum Gasteiger partial charge on any atom is 0.416 e. The monoisotopic (exact) mass is 584 g/mol. The number of pyridine rings is 1. The van der Waals surface area contributed by atoms with Crippen molar-refractivity contribution in [2.24, 2.45) is 7.05 Å². The molecule has 5 aromatic rings. The molecule has 0 aliphatic carbocycles. The second kappa shape index (κ2) is 9.47. The Balaban J connectivity index is 1.55. The third-order valence-corrected chi connectivity index (χ3v) is 7.55. The number of carbonyl (C=O) groups is 2. The molecule has 1 atom stereocenters. The van der Waals surface area contributed by atoms with Crippen LogP contribution in [0.1, 0.15) is 28.8 Å². The quantitative estimate of drug-likeness (QED) is 0.317. The first kappa shape index (κ1) is 26.6. The molecule has 1 amide bonds. The molecule has 210 valence electrons. The number of aryl methyl sites for hydroxylation is 1. The van der Waals surface area contributed by atoms with Crippen molar-refractivity contribution in [3.05, 3.63) is 75.2 Å². The molecule has 0 bridgehead atoms. The number of amides is 1. The Labute approximate surface area is 233 Å². The number of benzene rings is 2. The van der Waals surface area contributed by atoms with Crippen molar-refractivity contribution in [1.29, 1.82) is 0 Å². The number of rotatable bonds is 4. The maximum atomic E-state index is 13.9. The molecule has 0 unspecified atom stereocenters. The number of halogens is 4. The van der Waals surface area contributed by atoms with Crippen molar-refractivity contribution >= 4 is 45.4 Å². The summed E-state index contributed by atoms with van der Waals surface area (Å²) < 4.78 is 43.1. The van der Waals surface area contributed by atoms with Crippen molar-refractivity contribution in [3.8, 4) is 16.9 Å². The van der Waals surface area contributed by atoms with Crippen LogP contribution in [-0.2, 0) is 18.0 Å². The maximum absolute atomic E-state index is 13.9.